The molecule has 132 valence electrons. The van der Waals surface area contributed by atoms with Gasteiger partial charge in [0.25, 0.3) is 0 Å². The van der Waals surface area contributed by atoms with Crippen molar-refractivity contribution >= 4 is 27.7 Å². The Morgan fingerprint density at radius 1 is 1.28 bits per heavy atom. The van der Waals surface area contributed by atoms with Crippen molar-refractivity contribution in [2.45, 2.75) is 17.7 Å². The molecule has 1 fully saturated rings. The number of hydrogen-bond acceptors (Lipinski definition) is 4. The second kappa shape index (κ2) is 7.20. The van der Waals surface area contributed by atoms with Crippen LogP contribution in [-0.2, 0) is 21.9 Å². The monoisotopic (exact) mass is 360 g/mol. The van der Waals surface area contributed by atoms with Gasteiger partial charge in [0, 0.05) is 43.7 Å². The maximum Gasteiger partial charge on any atom is 0.248 e. The van der Waals surface area contributed by atoms with E-state index in [0.29, 0.717) is 18.8 Å². The average molecular weight is 360 g/mol. The van der Waals surface area contributed by atoms with Crippen LogP contribution < -0.4 is 5.32 Å². The SMILES string of the molecule is Cn1cc(C=CC(=O)Nc2cccc(S(=O)(=O)N3CCCC3)c2)cn1. The van der Waals surface area contributed by atoms with E-state index in [1.54, 1.807) is 48.4 Å². The fraction of sp³-hybridized carbons (Fsp3) is 0.294. The topological polar surface area (TPSA) is 84.3 Å². The molecule has 2 aromatic rings. The van der Waals surface area contributed by atoms with Crippen LogP contribution in [0.2, 0.25) is 0 Å². The van der Waals surface area contributed by atoms with E-state index in [2.05, 4.69) is 10.4 Å². The molecular formula is C17H20N4O3S. The minimum Gasteiger partial charge on any atom is -0.322 e. The highest BCUT2D eigenvalue weighted by Crippen LogP contribution is 2.23. The van der Waals surface area contributed by atoms with Crippen LogP contribution in [0, 0.1) is 0 Å². The Morgan fingerprint density at radius 2 is 2.04 bits per heavy atom. The molecular weight excluding hydrogens is 340 g/mol. The summed E-state index contributed by atoms with van der Waals surface area (Å²) >= 11 is 0. The number of carbonyl (C=O) groups is 1. The standard InChI is InChI=1S/C17H20N4O3S/c1-20-13-14(12-18-20)7-8-17(22)19-15-5-4-6-16(11-15)25(23,24)21-9-2-3-10-21/h4-8,11-13H,2-3,9-10H2,1H3,(H,19,22). The summed E-state index contributed by atoms with van der Waals surface area (Å²) in [5.41, 5.74) is 1.25. The molecule has 0 saturated carbocycles. The van der Waals surface area contributed by atoms with Crippen LogP contribution >= 0.6 is 0 Å². The highest BCUT2D eigenvalue weighted by atomic mass is 32.2. The molecule has 0 spiro atoms. The van der Waals surface area contributed by atoms with E-state index in [1.807, 2.05) is 0 Å². The van der Waals surface area contributed by atoms with Crippen LogP contribution in [0.4, 0.5) is 5.69 Å². The summed E-state index contributed by atoms with van der Waals surface area (Å²) in [7, 11) is -1.70. The molecule has 8 heteroatoms. The first-order chi connectivity index (χ1) is 11.9. The zero-order valence-corrected chi connectivity index (χ0v) is 14.7. The average Bonchev–Trinajstić information content (AvgIpc) is 3.25. The molecule has 3 rings (SSSR count). The lowest BCUT2D eigenvalue weighted by Gasteiger charge is -2.16. The van der Waals surface area contributed by atoms with E-state index in [4.69, 9.17) is 0 Å². The minimum absolute atomic E-state index is 0.198. The van der Waals surface area contributed by atoms with Gasteiger partial charge in [-0.15, -0.1) is 0 Å². The normalized spacial score (nSPS) is 15.7. The Labute approximate surface area is 147 Å². The zero-order valence-electron chi connectivity index (χ0n) is 13.9. The molecule has 0 atom stereocenters. The van der Waals surface area contributed by atoms with E-state index < -0.39 is 10.0 Å². The highest BCUT2D eigenvalue weighted by molar-refractivity contribution is 7.89. The number of amides is 1. The number of anilines is 1. The third-order valence-electron chi connectivity index (χ3n) is 3.96. The number of sulfonamides is 1. The summed E-state index contributed by atoms with van der Waals surface area (Å²) < 4.78 is 28.3. The Balaban J connectivity index is 1.71. The molecule has 0 unspecified atom stereocenters. The Kier molecular flexibility index (Phi) is 5.00. The van der Waals surface area contributed by atoms with E-state index in [0.717, 1.165) is 18.4 Å². The third-order valence-corrected chi connectivity index (χ3v) is 5.85. The molecule has 1 saturated heterocycles. The van der Waals surface area contributed by atoms with Crippen molar-refractivity contribution in [3.63, 3.8) is 0 Å². The lowest BCUT2D eigenvalue weighted by molar-refractivity contribution is -0.111. The molecule has 1 N–H and O–H groups in total. The molecule has 25 heavy (non-hydrogen) atoms. The number of benzene rings is 1. The predicted molar refractivity (Wildman–Crippen MR) is 95.3 cm³/mol. The van der Waals surface area contributed by atoms with Crippen LogP contribution in [-0.4, -0.2) is 41.5 Å². The van der Waals surface area contributed by atoms with Gasteiger partial charge in [0.1, 0.15) is 0 Å². The lowest BCUT2D eigenvalue weighted by Crippen LogP contribution is -2.27. The van der Waals surface area contributed by atoms with Crippen LogP contribution in [0.3, 0.4) is 0 Å². The van der Waals surface area contributed by atoms with Gasteiger partial charge in [-0.1, -0.05) is 6.07 Å². The lowest BCUT2D eigenvalue weighted by atomic mass is 10.3. The van der Waals surface area contributed by atoms with E-state index >= 15 is 0 Å². The quantitative estimate of drug-likeness (QED) is 0.825. The van der Waals surface area contributed by atoms with Crippen molar-refractivity contribution in [1.82, 2.24) is 14.1 Å². The van der Waals surface area contributed by atoms with E-state index in [9.17, 15) is 13.2 Å². The maximum atomic E-state index is 12.6. The van der Waals surface area contributed by atoms with Gasteiger partial charge in [-0.3, -0.25) is 9.48 Å². The molecule has 1 aliphatic rings. The van der Waals surface area contributed by atoms with Crippen molar-refractivity contribution in [1.29, 1.82) is 0 Å². The molecule has 2 heterocycles. The Hall–Kier alpha value is -2.45. The first kappa shape index (κ1) is 17.4. The van der Waals surface area contributed by atoms with Crippen molar-refractivity contribution in [3.05, 3.63) is 48.3 Å². The summed E-state index contributed by atoms with van der Waals surface area (Å²) in [6.45, 7) is 1.10. The first-order valence-electron chi connectivity index (χ1n) is 8.03. The fourth-order valence-electron chi connectivity index (χ4n) is 2.69. The molecule has 1 aliphatic heterocycles. The number of nitrogens with one attached hydrogen (secondary N) is 1. The van der Waals surface area contributed by atoms with Crippen molar-refractivity contribution in [2.24, 2.45) is 7.05 Å². The molecule has 7 nitrogen and oxygen atoms in total. The van der Waals surface area contributed by atoms with Crippen molar-refractivity contribution in [3.8, 4) is 0 Å². The Bertz CT molecular complexity index is 896. The summed E-state index contributed by atoms with van der Waals surface area (Å²) in [5.74, 6) is -0.334. The van der Waals surface area contributed by atoms with Gasteiger partial charge in [-0.25, -0.2) is 8.42 Å². The van der Waals surface area contributed by atoms with Gasteiger partial charge in [0.15, 0.2) is 0 Å². The summed E-state index contributed by atoms with van der Waals surface area (Å²) in [5, 5.41) is 6.70. The van der Waals surface area contributed by atoms with Crippen LogP contribution in [0.15, 0.2) is 47.6 Å². The second-order valence-corrected chi connectivity index (χ2v) is 7.85. The minimum atomic E-state index is -3.50. The molecule has 0 radical (unpaired) electrons. The van der Waals surface area contributed by atoms with Gasteiger partial charge in [0.2, 0.25) is 15.9 Å². The maximum absolute atomic E-state index is 12.6. The van der Waals surface area contributed by atoms with Gasteiger partial charge in [0.05, 0.1) is 11.1 Å². The number of rotatable bonds is 5. The predicted octanol–water partition coefficient (Wildman–Crippen LogP) is 1.86. The summed E-state index contributed by atoms with van der Waals surface area (Å²) in [6.07, 6.45) is 8.23. The molecule has 1 aromatic heterocycles. The summed E-state index contributed by atoms with van der Waals surface area (Å²) in [6, 6.07) is 6.33. The number of carbonyl (C=O) groups excluding carboxylic acids is 1. The van der Waals surface area contributed by atoms with Gasteiger partial charge >= 0.3 is 0 Å². The summed E-state index contributed by atoms with van der Waals surface area (Å²) in [4.78, 5) is 12.2. The fourth-order valence-corrected chi connectivity index (χ4v) is 4.26. The van der Waals surface area contributed by atoms with Crippen LogP contribution in [0.5, 0.6) is 0 Å². The van der Waals surface area contributed by atoms with E-state index in [1.165, 1.54) is 16.4 Å². The van der Waals surface area contributed by atoms with Crippen molar-refractivity contribution in [2.75, 3.05) is 18.4 Å². The largest absolute Gasteiger partial charge is 0.322 e. The number of aromatic nitrogens is 2. The van der Waals surface area contributed by atoms with Gasteiger partial charge in [-0.05, 0) is 37.1 Å². The molecule has 1 aromatic carbocycles. The third kappa shape index (κ3) is 4.15. The van der Waals surface area contributed by atoms with Crippen LogP contribution in [0.1, 0.15) is 18.4 Å². The van der Waals surface area contributed by atoms with Crippen molar-refractivity contribution < 1.29 is 13.2 Å². The Morgan fingerprint density at radius 3 is 2.72 bits per heavy atom. The van der Waals surface area contributed by atoms with Gasteiger partial charge in [-0.2, -0.15) is 9.40 Å². The second-order valence-electron chi connectivity index (χ2n) is 5.91. The molecule has 1 amide bonds. The van der Waals surface area contributed by atoms with Gasteiger partial charge < -0.3 is 5.32 Å². The zero-order chi connectivity index (χ0) is 17.9. The molecule has 0 aliphatic carbocycles. The smallest absolute Gasteiger partial charge is 0.248 e. The number of nitrogens with zero attached hydrogens (tertiary/aromatic N) is 3. The first-order valence-corrected chi connectivity index (χ1v) is 9.47. The molecule has 0 bridgehead atoms. The van der Waals surface area contributed by atoms with Crippen LogP contribution in [0.25, 0.3) is 6.08 Å². The van der Waals surface area contributed by atoms with E-state index in [-0.39, 0.29) is 10.8 Å². The highest BCUT2D eigenvalue weighted by Gasteiger charge is 2.27. The number of hydrogen-bond donors (Lipinski definition) is 1. The number of aryl methyl sites for hydroxylation is 1.